The van der Waals surface area contributed by atoms with Crippen molar-refractivity contribution in [3.8, 4) is 11.1 Å². The van der Waals surface area contributed by atoms with Crippen LogP contribution >= 0.6 is 7.82 Å². The van der Waals surface area contributed by atoms with Gasteiger partial charge in [0.25, 0.3) is 0 Å². The second kappa shape index (κ2) is 11.6. The van der Waals surface area contributed by atoms with Gasteiger partial charge in [-0.05, 0) is 36.0 Å². The molecule has 2 aromatic carbocycles. The number of benzene rings is 2. The smallest absolute Gasteiger partial charge is 0.337 e. The average molecular weight is 445 g/mol. The molecule has 0 saturated carbocycles. The number of phosphoric ester groups is 1. The Bertz CT molecular complexity index is 859. The molecule has 168 valence electrons. The molecule has 0 spiro atoms. The van der Waals surface area contributed by atoms with Crippen LogP contribution in [-0.2, 0) is 20.3 Å². The number of unbranched alkanes of at least 4 members (excludes halogenated alkanes) is 5. The molecule has 3 rings (SSSR count). The van der Waals surface area contributed by atoms with Crippen molar-refractivity contribution in [2.24, 2.45) is 0 Å². The van der Waals surface area contributed by atoms with Crippen LogP contribution in [0.4, 0.5) is 0 Å². The van der Waals surface area contributed by atoms with Crippen molar-refractivity contribution in [1.29, 1.82) is 0 Å². The van der Waals surface area contributed by atoms with Crippen molar-refractivity contribution >= 4 is 13.7 Å². The van der Waals surface area contributed by atoms with Crippen LogP contribution in [0, 0.1) is 0 Å². The number of likely N-dealkylation sites (tertiary alicyclic amines) is 1. The molecule has 0 radical (unpaired) electrons. The lowest BCUT2D eigenvalue weighted by molar-refractivity contribution is -0.140. The molecule has 2 N–H and O–H groups in total. The minimum absolute atomic E-state index is 0.0458. The number of hydrogen-bond acceptors (Lipinski definition) is 3. The molecular formula is C24H32NO5P. The molecule has 0 aromatic heterocycles. The maximum absolute atomic E-state index is 12.0. The maximum atomic E-state index is 12.0. The Morgan fingerprint density at radius 3 is 2.10 bits per heavy atom. The van der Waals surface area contributed by atoms with Gasteiger partial charge in [0.1, 0.15) is 6.10 Å². The number of amides is 1. The van der Waals surface area contributed by atoms with Crippen LogP contribution in [0.25, 0.3) is 11.1 Å². The van der Waals surface area contributed by atoms with Crippen LogP contribution < -0.4 is 0 Å². The van der Waals surface area contributed by atoms with E-state index in [2.05, 4.69) is 53.1 Å². The molecule has 1 amide bonds. The third kappa shape index (κ3) is 8.23. The normalized spacial score (nSPS) is 14.5. The third-order valence-corrected chi connectivity index (χ3v) is 6.23. The highest BCUT2D eigenvalue weighted by molar-refractivity contribution is 7.46. The van der Waals surface area contributed by atoms with E-state index in [1.54, 1.807) is 4.90 Å². The fraction of sp³-hybridized carbons (Fsp3) is 0.458. The van der Waals surface area contributed by atoms with Crippen molar-refractivity contribution in [3.05, 3.63) is 60.2 Å². The Hall–Kier alpha value is -1.98. The Morgan fingerprint density at radius 1 is 0.871 bits per heavy atom. The van der Waals surface area contributed by atoms with Crippen LogP contribution in [0.3, 0.4) is 0 Å². The van der Waals surface area contributed by atoms with E-state index in [0.717, 1.165) is 25.7 Å². The second-order valence-electron chi connectivity index (χ2n) is 8.20. The largest absolute Gasteiger partial charge is 0.469 e. The number of rotatable bonds is 12. The van der Waals surface area contributed by atoms with E-state index < -0.39 is 13.9 Å². The zero-order valence-electron chi connectivity index (χ0n) is 17.9. The Kier molecular flexibility index (Phi) is 8.85. The van der Waals surface area contributed by atoms with E-state index in [1.807, 2.05) is 6.07 Å². The fourth-order valence-corrected chi connectivity index (χ4v) is 4.39. The van der Waals surface area contributed by atoms with Gasteiger partial charge in [-0.25, -0.2) is 4.57 Å². The van der Waals surface area contributed by atoms with E-state index in [0.29, 0.717) is 6.42 Å². The molecule has 1 aliphatic heterocycles. The van der Waals surface area contributed by atoms with Crippen molar-refractivity contribution in [1.82, 2.24) is 4.90 Å². The molecule has 1 heterocycles. The lowest BCUT2D eigenvalue weighted by Crippen LogP contribution is -2.54. The molecule has 31 heavy (non-hydrogen) atoms. The van der Waals surface area contributed by atoms with E-state index in [4.69, 9.17) is 9.79 Å². The number of nitrogens with zero attached hydrogens (tertiary/aromatic N) is 1. The molecular weight excluding hydrogens is 413 g/mol. The summed E-state index contributed by atoms with van der Waals surface area (Å²) < 4.78 is 15.3. The molecule has 0 bridgehead atoms. The van der Waals surface area contributed by atoms with Crippen LogP contribution in [0.5, 0.6) is 0 Å². The summed E-state index contributed by atoms with van der Waals surface area (Å²) in [6.07, 6.45) is 7.63. The van der Waals surface area contributed by atoms with Crippen molar-refractivity contribution in [2.75, 3.05) is 13.1 Å². The highest BCUT2D eigenvalue weighted by Crippen LogP contribution is 2.39. The van der Waals surface area contributed by atoms with Gasteiger partial charge in [0, 0.05) is 19.5 Å². The predicted octanol–water partition coefficient (Wildman–Crippen LogP) is 4.95. The van der Waals surface area contributed by atoms with Gasteiger partial charge in [-0.15, -0.1) is 0 Å². The zero-order valence-corrected chi connectivity index (χ0v) is 18.8. The molecule has 2 aromatic rings. The molecule has 1 saturated heterocycles. The SMILES string of the molecule is O=C(CCCCCCCCc1ccc(-c2ccccc2)cc1)N1CC(OP(=O)(O)O)C1. The first-order valence-corrected chi connectivity index (χ1v) is 12.6. The predicted molar refractivity (Wildman–Crippen MR) is 121 cm³/mol. The standard InChI is InChI=1S/C24H32NO5P/c26-24(25-18-23(19-25)30-31(27,28)29)13-9-4-2-1-3-6-10-20-14-16-22(17-15-20)21-11-7-5-8-12-21/h5,7-8,11-12,14-17,23H,1-4,6,9-10,13,18-19H2,(H2,27,28,29). The molecule has 1 aliphatic rings. The Morgan fingerprint density at radius 2 is 1.45 bits per heavy atom. The Balaban J connectivity index is 1.19. The fourth-order valence-electron chi connectivity index (χ4n) is 3.87. The summed E-state index contributed by atoms with van der Waals surface area (Å²) in [5.41, 5.74) is 3.87. The Labute approximate surface area is 184 Å². The third-order valence-electron chi connectivity index (χ3n) is 5.65. The summed E-state index contributed by atoms with van der Waals surface area (Å²) in [4.78, 5) is 31.1. The monoisotopic (exact) mass is 445 g/mol. The van der Waals surface area contributed by atoms with Crippen LogP contribution in [0.1, 0.15) is 50.5 Å². The van der Waals surface area contributed by atoms with E-state index in [9.17, 15) is 9.36 Å². The number of carbonyl (C=O) groups is 1. The second-order valence-corrected chi connectivity index (χ2v) is 9.39. The average Bonchev–Trinajstić information content (AvgIpc) is 2.72. The molecule has 0 unspecified atom stereocenters. The van der Waals surface area contributed by atoms with E-state index >= 15 is 0 Å². The van der Waals surface area contributed by atoms with Crippen LogP contribution in [0.15, 0.2) is 54.6 Å². The summed E-state index contributed by atoms with van der Waals surface area (Å²) in [7, 11) is -4.46. The van der Waals surface area contributed by atoms with E-state index in [-0.39, 0.29) is 19.0 Å². The van der Waals surface area contributed by atoms with E-state index in [1.165, 1.54) is 36.0 Å². The molecule has 1 fully saturated rings. The van der Waals surface area contributed by atoms with Gasteiger partial charge in [0.2, 0.25) is 5.91 Å². The lowest BCUT2D eigenvalue weighted by Gasteiger charge is -2.38. The minimum atomic E-state index is -4.46. The summed E-state index contributed by atoms with van der Waals surface area (Å²) in [6.45, 7) is 0.548. The van der Waals surface area contributed by atoms with Gasteiger partial charge in [0.15, 0.2) is 0 Å². The van der Waals surface area contributed by atoms with Crippen LogP contribution in [-0.4, -0.2) is 39.8 Å². The first-order valence-electron chi connectivity index (χ1n) is 11.1. The van der Waals surface area contributed by atoms with Gasteiger partial charge in [-0.1, -0.05) is 80.3 Å². The van der Waals surface area contributed by atoms with Crippen molar-refractivity contribution in [3.63, 3.8) is 0 Å². The van der Waals surface area contributed by atoms with Gasteiger partial charge >= 0.3 is 7.82 Å². The highest BCUT2D eigenvalue weighted by atomic mass is 31.2. The number of hydrogen-bond donors (Lipinski definition) is 2. The van der Waals surface area contributed by atoms with Gasteiger partial charge < -0.3 is 14.7 Å². The summed E-state index contributed by atoms with van der Waals surface area (Å²) >= 11 is 0. The summed E-state index contributed by atoms with van der Waals surface area (Å²) in [5.74, 6) is 0.0458. The lowest BCUT2D eigenvalue weighted by atomic mass is 10.0. The van der Waals surface area contributed by atoms with Crippen molar-refractivity contribution < 1.29 is 23.7 Å². The van der Waals surface area contributed by atoms with Gasteiger partial charge in [-0.3, -0.25) is 9.32 Å². The maximum Gasteiger partial charge on any atom is 0.469 e. The first-order chi connectivity index (χ1) is 14.9. The number of phosphoric acid groups is 1. The highest BCUT2D eigenvalue weighted by Gasteiger charge is 2.35. The van der Waals surface area contributed by atoms with Gasteiger partial charge in [0.05, 0.1) is 0 Å². The molecule has 6 nitrogen and oxygen atoms in total. The van der Waals surface area contributed by atoms with Crippen molar-refractivity contribution in [2.45, 2.75) is 57.5 Å². The zero-order chi connectivity index (χ0) is 22.1. The molecule has 0 atom stereocenters. The molecule has 0 aliphatic carbocycles. The van der Waals surface area contributed by atoms with Crippen LogP contribution in [0.2, 0.25) is 0 Å². The quantitative estimate of drug-likeness (QED) is 0.357. The number of carbonyl (C=O) groups excluding carboxylic acids is 1. The first kappa shape index (κ1) is 23.7. The summed E-state index contributed by atoms with van der Waals surface area (Å²) in [6, 6.07) is 19.2. The molecule has 7 heteroatoms. The van der Waals surface area contributed by atoms with Gasteiger partial charge in [-0.2, -0.15) is 0 Å². The minimum Gasteiger partial charge on any atom is -0.337 e. The topological polar surface area (TPSA) is 87.1 Å². The number of aryl methyl sites for hydroxylation is 1. The summed E-state index contributed by atoms with van der Waals surface area (Å²) in [5, 5.41) is 0.